The number of hydrogen-bond acceptors (Lipinski definition) is 10. The molecule has 0 heterocycles. The molecule has 2 rings (SSSR count). The first-order valence-corrected chi connectivity index (χ1v) is 8.23. The predicted octanol–water partition coefficient (Wildman–Crippen LogP) is 1.73. The van der Waals surface area contributed by atoms with Crippen LogP contribution in [0.25, 0.3) is 0 Å². The number of nitrogens with one attached hydrogen (secondary N) is 2. The Kier molecular flexibility index (Phi) is 8.34. The van der Waals surface area contributed by atoms with E-state index in [1.54, 1.807) is 0 Å². The maximum absolute atomic E-state index is 11.2. The summed E-state index contributed by atoms with van der Waals surface area (Å²) in [6.45, 7) is 0. The highest BCUT2D eigenvalue weighted by Crippen LogP contribution is 2.23. The minimum atomic E-state index is -0.792. The van der Waals surface area contributed by atoms with Crippen molar-refractivity contribution in [1.29, 1.82) is 0 Å². The van der Waals surface area contributed by atoms with Crippen molar-refractivity contribution < 1.29 is 29.3 Å². The van der Waals surface area contributed by atoms with Gasteiger partial charge in [0.05, 0.1) is 43.0 Å². The molecule has 0 fully saturated rings. The third kappa shape index (κ3) is 6.51. The third-order valence-corrected chi connectivity index (χ3v) is 3.63. The lowest BCUT2D eigenvalue weighted by Crippen LogP contribution is -2.18. The molecule has 0 atom stereocenters. The summed E-state index contributed by atoms with van der Waals surface area (Å²) in [4.78, 5) is 61.2. The highest BCUT2D eigenvalue weighted by molar-refractivity contribution is 5.95. The SMILES string of the molecule is CNC(=O)c1cc([N+](=O)[O-])cc([N+](=O)[O-])c1.CNC(=O)c1cc([N+](=O)[O-])cc([N+](=O)[O-])c1. The Morgan fingerprint density at radius 1 is 0.562 bits per heavy atom. The monoisotopic (exact) mass is 450 g/mol. The van der Waals surface area contributed by atoms with Crippen molar-refractivity contribution in [3.05, 3.63) is 88.0 Å². The Balaban J connectivity index is 0.000000320. The van der Waals surface area contributed by atoms with Crippen LogP contribution in [0.4, 0.5) is 22.7 Å². The van der Waals surface area contributed by atoms with Crippen LogP contribution in [0, 0.1) is 40.5 Å². The number of rotatable bonds is 6. The molecular weight excluding hydrogens is 436 g/mol. The van der Waals surface area contributed by atoms with E-state index in [-0.39, 0.29) is 11.1 Å². The van der Waals surface area contributed by atoms with Crippen LogP contribution in [-0.2, 0) is 0 Å². The topological polar surface area (TPSA) is 231 Å². The second-order valence-electron chi connectivity index (χ2n) is 5.66. The third-order valence-electron chi connectivity index (χ3n) is 3.63. The average molecular weight is 450 g/mol. The fraction of sp³-hybridized carbons (Fsp3) is 0.125. The molecule has 0 radical (unpaired) electrons. The van der Waals surface area contributed by atoms with E-state index in [1.807, 2.05) is 0 Å². The second-order valence-corrected chi connectivity index (χ2v) is 5.66. The van der Waals surface area contributed by atoms with E-state index in [2.05, 4.69) is 10.6 Å². The molecule has 0 aliphatic carbocycles. The molecule has 0 saturated heterocycles. The van der Waals surface area contributed by atoms with Crippen molar-refractivity contribution in [3.63, 3.8) is 0 Å². The summed E-state index contributed by atoms with van der Waals surface area (Å²) in [7, 11) is 2.65. The minimum absolute atomic E-state index is 0.122. The van der Waals surface area contributed by atoms with Gasteiger partial charge in [-0.25, -0.2) is 0 Å². The quantitative estimate of drug-likeness (QED) is 0.477. The summed E-state index contributed by atoms with van der Waals surface area (Å²) in [5, 5.41) is 46.4. The first-order chi connectivity index (χ1) is 14.9. The number of nitro benzene ring substituents is 4. The van der Waals surface area contributed by atoms with Crippen LogP contribution in [0.3, 0.4) is 0 Å². The molecule has 16 nitrogen and oxygen atoms in total. The molecule has 168 valence electrons. The molecule has 2 aromatic carbocycles. The summed E-state index contributed by atoms with van der Waals surface area (Å²) in [5.41, 5.74) is -2.21. The van der Waals surface area contributed by atoms with Gasteiger partial charge in [-0.2, -0.15) is 0 Å². The molecule has 16 heteroatoms. The van der Waals surface area contributed by atoms with Crippen LogP contribution in [0.15, 0.2) is 36.4 Å². The normalized spacial score (nSPS) is 9.56. The first kappa shape index (κ1) is 25.0. The van der Waals surface area contributed by atoms with Gasteiger partial charge in [0.25, 0.3) is 34.6 Å². The predicted molar refractivity (Wildman–Crippen MR) is 106 cm³/mol. The molecule has 2 amide bonds. The molecule has 0 bridgehead atoms. The number of carbonyl (C=O) groups is 2. The Hall–Kier alpha value is -5.02. The van der Waals surface area contributed by atoms with Gasteiger partial charge in [0.15, 0.2) is 0 Å². The van der Waals surface area contributed by atoms with Gasteiger partial charge in [0.1, 0.15) is 0 Å². The number of nitro groups is 4. The average Bonchev–Trinajstić information content (AvgIpc) is 2.77. The molecule has 0 aliphatic heterocycles. The van der Waals surface area contributed by atoms with Gasteiger partial charge in [-0.1, -0.05) is 0 Å². The maximum atomic E-state index is 11.2. The maximum Gasteiger partial charge on any atom is 0.277 e. The molecule has 32 heavy (non-hydrogen) atoms. The number of carbonyl (C=O) groups excluding carboxylic acids is 2. The lowest BCUT2D eigenvalue weighted by molar-refractivity contribution is -0.394. The summed E-state index contributed by atoms with van der Waals surface area (Å²) < 4.78 is 0. The van der Waals surface area contributed by atoms with Gasteiger partial charge in [-0.15, -0.1) is 0 Å². The summed E-state index contributed by atoms with van der Waals surface area (Å²) in [6.07, 6.45) is 0. The van der Waals surface area contributed by atoms with E-state index in [1.165, 1.54) is 14.1 Å². The number of hydrogen-bond donors (Lipinski definition) is 2. The Morgan fingerprint density at radius 3 is 0.938 bits per heavy atom. The van der Waals surface area contributed by atoms with Gasteiger partial charge < -0.3 is 10.6 Å². The zero-order chi connectivity index (χ0) is 24.6. The minimum Gasteiger partial charge on any atom is -0.355 e. The number of benzene rings is 2. The van der Waals surface area contributed by atoms with Crippen LogP contribution in [0.2, 0.25) is 0 Å². The number of amides is 2. The van der Waals surface area contributed by atoms with E-state index < -0.39 is 54.3 Å². The Labute approximate surface area is 177 Å². The fourth-order valence-electron chi connectivity index (χ4n) is 2.16. The van der Waals surface area contributed by atoms with Gasteiger partial charge in [-0.3, -0.25) is 50.0 Å². The number of non-ortho nitro benzene ring substituents is 4. The Morgan fingerprint density at radius 2 is 0.781 bits per heavy atom. The van der Waals surface area contributed by atoms with E-state index in [4.69, 9.17) is 0 Å². The van der Waals surface area contributed by atoms with Crippen molar-refractivity contribution in [2.45, 2.75) is 0 Å². The molecular formula is C16H14N6O10. The zero-order valence-electron chi connectivity index (χ0n) is 16.3. The lowest BCUT2D eigenvalue weighted by atomic mass is 10.1. The highest BCUT2D eigenvalue weighted by Gasteiger charge is 2.20. The van der Waals surface area contributed by atoms with Gasteiger partial charge in [0.2, 0.25) is 0 Å². The molecule has 0 saturated carbocycles. The zero-order valence-corrected chi connectivity index (χ0v) is 16.3. The van der Waals surface area contributed by atoms with Crippen molar-refractivity contribution >= 4 is 34.6 Å². The van der Waals surface area contributed by atoms with Crippen LogP contribution in [0.5, 0.6) is 0 Å². The standard InChI is InChI=1S/2C8H7N3O5/c2*1-9-8(12)5-2-6(10(13)14)4-7(3-5)11(15)16/h2*2-4H,1H3,(H,9,12). The smallest absolute Gasteiger partial charge is 0.277 e. The van der Waals surface area contributed by atoms with E-state index in [0.717, 1.165) is 36.4 Å². The van der Waals surface area contributed by atoms with Gasteiger partial charge in [0, 0.05) is 38.4 Å². The van der Waals surface area contributed by atoms with Gasteiger partial charge in [-0.05, 0) is 0 Å². The molecule has 0 spiro atoms. The molecule has 2 N–H and O–H groups in total. The molecule has 0 aliphatic rings. The van der Waals surface area contributed by atoms with Crippen molar-refractivity contribution in [2.75, 3.05) is 14.1 Å². The second kappa shape index (κ2) is 10.7. The summed E-state index contributed by atoms with van der Waals surface area (Å²) in [6, 6.07) is 5.51. The van der Waals surface area contributed by atoms with Gasteiger partial charge >= 0.3 is 0 Å². The summed E-state index contributed by atoms with van der Waals surface area (Å²) in [5.74, 6) is -1.24. The summed E-state index contributed by atoms with van der Waals surface area (Å²) >= 11 is 0. The van der Waals surface area contributed by atoms with Crippen LogP contribution < -0.4 is 10.6 Å². The number of nitrogens with zero attached hydrogens (tertiary/aromatic N) is 4. The van der Waals surface area contributed by atoms with E-state index >= 15 is 0 Å². The van der Waals surface area contributed by atoms with Crippen molar-refractivity contribution in [2.24, 2.45) is 0 Å². The van der Waals surface area contributed by atoms with Crippen LogP contribution >= 0.6 is 0 Å². The van der Waals surface area contributed by atoms with Crippen molar-refractivity contribution in [3.8, 4) is 0 Å². The fourth-order valence-corrected chi connectivity index (χ4v) is 2.16. The van der Waals surface area contributed by atoms with Crippen molar-refractivity contribution in [1.82, 2.24) is 10.6 Å². The first-order valence-electron chi connectivity index (χ1n) is 8.23. The van der Waals surface area contributed by atoms with Crippen LogP contribution in [-0.4, -0.2) is 45.6 Å². The highest BCUT2D eigenvalue weighted by atomic mass is 16.6. The van der Waals surface area contributed by atoms with E-state index in [0.29, 0.717) is 0 Å². The Bertz CT molecular complexity index is 964. The van der Waals surface area contributed by atoms with Crippen LogP contribution in [0.1, 0.15) is 20.7 Å². The molecule has 2 aromatic rings. The lowest BCUT2D eigenvalue weighted by Gasteiger charge is -1.99. The molecule has 0 unspecified atom stereocenters. The van der Waals surface area contributed by atoms with E-state index in [9.17, 15) is 50.0 Å². The largest absolute Gasteiger partial charge is 0.355 e. The molecule has 0 aromatic heterocycles.